The molecule has 5 aromatic carbocycles. The number of para-hydroxylation sites is 3. The normalized spacial score (nSPS) is 14.2. The molecule has 0 N–H and O–H groups in total. The van der Waals surface area contributed by atoms with Gasteiger partial charge in [0.15, 0.2) is 11.6 Å². The van der Waals surface area contributed by atoms with E-state index in [1.165, 1.54) is 45.0 Å². The van der Waals surface area contributed by atoms with Gasteiger partial charge in [0.1, 0.15) is 0 Å². The van der Waals surface area contributed by atoms with Gasteiger partial charge in [-0.1, -0.05) is 54.6 Å². The van der Waals surface area contributed by atoms with Crippen LogP contribution in [0.5, 0.6) is 0 Å². The third-order valence-electron chi connectivity index (χ3n) is 8.46. The maximum absolute atomic E-state index is 2.43. The summed E-state index contributed by atoms with van der Waals surface area (Å²) >= 11 is 0. The van der Waals surface area contributed by atoms with Crippen LogP contribution in [0.1, 0.15) is 22.3 Å². The van der Waals surface area contributed by atoms with Crippen molar-refractivity contribution >= 4 is 39.8 Å². The minimum Gasteiger partial charge on any atom is -0.326 e. The van der Waals surface area contributed by atoms with Crippen LogP contribution in [0, 0.1) is 27.7 Å². The molecule has 202 valence electrons. The predicted octanol–water partition coefficient (Wildman–Crippen LogP) is 9.62. The second-order valence-electron chi connectivity index (χ2n) is 11.1. The Morgan fingerprint density at radius 3 is 1.02 bits per heavy atom. The Bertz CT molecular complexity index is 1720. The fraction of sp³-hybridized carbons (Fsp3) is 0.135. The van der Waals surface area contributed by atoms with E-state index in [1.54, 1.807) is 0 Å². The highest BCUT2D eigenvalue weighted by molar-refractivity contribution is 5.98. The topological polar surface area (TPSA) is 13.0 Å². The van der Waals surface area contributed by atoms with Gasteiger partial charge in [-0.15, -0.1) is 0 Å². The highest BCUT2D eigenvalue weighted by atomic mass is 15.5. The maximum atomic E-state index is 2.43. The van der Waals surface area contributed by atoms with Crippen molar-refractivity contribution in [3.63, 3.8) is 0 Å². The smallest absolute Gasteiger partial charge is 0.165 e. The lowest BCUT2D eigenvalue weighted by atomic mass is 10.1. The second-order valence-corrected chi connectivity index (χ2v) is 11.1. The summed E-state index contributed by atoms with van der Waals surface area (Å²) in [4.78, 5) is 9.65. The Kier molecular flexibility index (Phi) is 5.86. The molecule has 2 aliphatic rings. The minimum atomic E-state index is 1.10. The predicted molar refractivity (Wildman–Crippen MR) is 173 cm³/mol. The fourth-order valence-corrected chi connectivity index (χ4v) is 6.05. The molecule has 4 heteroatoms. The molecule has 0 aliphatic carbocycles. The van der Waals surface area contributed by atoms with Crippen LogP contribution < -0.4 is 19.6 Å². The first-order chi connectivity index (χ1) is 19.9. The lowest BCUT2D eigenvalue weighted by Crippen LogP contribution is -2.33. The van der Waals surface area contributed by atoms with Crippen molar-refractivity contribution in [2.75, 3.05) is 26.6 Å². The molecule has 0 unspecified atom stereocenters. The average Bonchev–Trinajstić information content (AvgIpc) is 3.45. The minimum absolute atomic E-state index is 1.10. The van der Waals surface area contributed by atoms with Crippen molar-refractivity contribution in [3.05, 3.63) is 149 Å². The van der Waals surface area contributed by atoms with E-state index in [9.17, 15) is 0 Å². The first-order valence-electron chi connectivity index (χ1n) is 14.2. The lowest BCUT2D eigenvalue weighted by molar-refractivity contribution is 0.985. The molecule has 0 radical (unpaired) electrons. The summed E-state index contributed by atoms with van der Waals surface area (Å²) in [7, 11) is 2.20. The molecule has 2 heterocycles. The molecule has 5 aromatic rings. The van der Waals surface area contributed by atoms with Gasteiger partial charge in [-0.05, 0) is 111 Å². The molecule has 0 atom stereocenters. The molecule has 0 bridgehead atoms. The van der Waals surface area contributed by atoms with Crippen LogP contribution in [0.25, 0.3) is 0 Å². The Morgan fingerprint density at radius 2 is 0.659 bits per heavy atom. The molecule has 0 spiro atoms. The summed E-state index contributed by atoms with van der Waals surface area (Å²) in [5, 5.41) is 0. The van der Waals surface area contributed by atoms with Gasteiger partial charge in [0.2, 0.25) is 0 Å². The van der Waals surface area contributed by atoms with E-state index in [-0.39, 0.29) is 0 Å². The number of benzene rings is 5. The average molecular weight is 535 g/mol. The molecule has 7 rings (SSSR count). The van der Waals surface area contributed by atoms with Crippen molar-refractivity contribution in [3.8, 4) is 0 Å². The molecule has 0 aromatic heterocycles. The van der Waals surface area contributed by atoms with Crippen molar-refractivity contribution in [1.29, 1.82) is 0 Å². The lowest BCUT2D eigenvalue weighted by Gasteiger charge is -2.33. The third kappa shape index (κ3) is 3.90. The van der Waals surface area contributed by atoms with Gasteiger partial charge in [-0.3, -0.25) is 14.7 Å². The maximum Gasteiger partial charge on any atom is 0.165 e. The van der Waals surface area contributed by atoms with E-state index < -0.39 is 0 Å². The monoisotopic (exact) mass is 534 g/mol. The zero-order chi connectivity index (χ0) is 28.2. The highest BCUT2D eigenvalue weighted by Gasteiger charge is 2.43. The number of nitrogens with zero attached hydrogens (tertiary/aromatic N) is 4. The molecule has 41 heavy (non-hydrogen) atoms. The number of anilines is 7. The summed E-state index contributed by atoms with van der Waals surface area (Å²) < 4.78 is 0. The Labute approximate surface area is 243 Å². The van der Waals surface area contributed by atoms with Crippen LogP contribution in [-0.2, 0) is 0 Å². The summed E-state index contributed by atoms with van der Waals surface area (Å²) in [6, 6.07) is 41.6. The Balaban J connectivity index is 1.62. The molecule has 0 fully saturated rings. The number of aryl methyl sites for hydroxylation is 4. The number of hydrogen-bond acceptors (Lipinski definition) is 4. The SMILES string of the molecule is Cc1cc2c(cc1C)N(c1ccccc1)C(=C1N(c3ccccc3)c3cc(C)c(C)cc3N1c1ccccc1)N2C. The Morgan fingerprint density at radius 1 is 0.366 bits per heavy atom. The van der Waals surface area contributed by atoms with Gasteiger partial charge in [0.25, 0.3) is 0 Å². The third-order valence-corrected chi connectivity index (χ3v) is 8.46. The standard InChI is InChI=1S/C37H34N4/c1-25-21-32-33(22-26(25)2)39(29-15-9-6-10-16-29)36(38(32)5)37-40(30-17-11-7-12-18-30)34-23-27(3)28(4)24-35(34)41(37)31-19-13-8-14-20-31/h6-24H,1-5H3. The molecular weight excluding hydrogens is 500 g/mol. The van der Waals surface area contributed by atoms with E-state index in [2.05, 4.69) is 170 Å². The molecule has 4 nitrogen and oxygen atoms in total. The first-order valence-corrected chi connectivity index (χ1v) is 14.2. The van der Waals surface area contributed by atoms with Crippen molar-refractivity contribution in [2.45, 2.75) is 27.7 Å². The van der Waals surface area contributed by atoms with E-state index in [0.29, 0.717) is 0 Å². The van der Waals surface area contributed by atoms with Gasteiger partial charge in [-0.25, -0.2) is 0 Å². The summed E-state index contributed by atoms with van der Waals surface area (Å²) in [6.07, 6.45) is 0. The zero-order valence-electron chi connectivity index (χ0n) is 24.3. The molecular formula is C37H34N4. The Hall–Kier alpha value is -4.96. The number of fused-ring (bicyclic) bond motifs is 2. The number of rotatable bonds is 3. The first kappa shape index (κ1) is 25.0. The molecule has 0 saturated heterocycles. The van der Waals surface area contributed by atoms with E-state index in [0.717, 1.165) is 28.7 Å². The van der Waals surface area contributed by atoms with Crippen LogP contribution in [0.4, 0.5) is 39.8 Å². The van der Waals surface area contributed by atoms with Gasteiger partial charge in [-0.2, -0.15) is 0 Å². The second kappa shape index (κ2) is 9.60. The van der Waals surface area contributed by atoms with Gasteiger partial charge < -0.3 is 4.90 Å². The zero-order valence-corrected chi connectivity index (χ0v) is 24.3. The van der Waals surface area contributed by atoms with Crippen molar-refractivity contribution in [1.82, 2.24) is 0 Å². The summed E-state index contributed by atoms with van der Waals surface area (Å²) in [6.45, 7) is 8.81. The number of hydrogen-bond donors (Lipinski definition) is 0. The fourth-order valence-electron chi connectivity index (χ4n) is 6.05. The van der Waals surface area contributed by atoms with Crippen LogP contribution in [0.3, 0.4) is 0 Å². The van der Waals surface area contributed by atoms with Crippen molar-refractivity contribution < 1.29 is 0 Å². The van der Waals surface area contributed by atoms with E-state index in [1.807, 2.05) is 0 Å². The highest BCUT2D eigenvalue weighted by Crippen LogP contribution is 2.55. The molecule has 0 amide bonds. The van der Waals surface area contributed by atoms with E-state index >= 15 is 0 Å². The quantitative estimate of drug-likeness (QED) is 0.228. The van der Waals surface area contributed by atoms with Crippen LogP contribution >= 0.6 is 0 Å². The van der Waals surface area contributed by atoms with Crippen LogP contribution in [-0.4, -0.2) is 7.05 Å². The molecule has 0 saturated carbocycles. The van der Waals surface area contributed by atoms with Gasteiger partial charge >= 0.3 is 0 Å². The van der Waals surface area contributed by atoms with Crippen LogP contribution in [0.15, 0.2) is 127 Å². The molecule has 2 aliphatic heterocycles. The summed E-state index contributed by atoms with van der Waals surface area (Å²) in [5.74, 6) is 2.20. The van der Waals surface area contributed by atoms with Crippen molar-refractivity contribution in [2.24, 2.45) is 0 Å². The van der Waals surface area contributed by atoms with Crippen LogP contribution in [0.2, 0.25) is 0 Å². The van der Waals surface area contributed by atoms with Gasteiger partial charge in [0, 0.05) is 24.1 Å². The van der Waals surface area contributed by atoms with E-state index in [4.69, 9.17) is 0 Å². The summed E-state index contributed by atoms with van der Waals surface area (Å²) in [5.41, 5.74) is 13.2. The van der Waals surface area contributed by atoms with Gasteiger partial charge in [0.05, 0.1) is 22.7 Å². The largest absolute Gasteiger partial charge is 0.326 e.